The minimum atomic E-state index is -0.0888. The van der Waals surface area contributed by atoms with Crippen LogP contribution in [0.1, 0.15) is 10.4 Å². The fraction of sp³-hybridized carbons (Fsp3) is 0.143. The van der Waals surface area contributed by atoms with Crippen molar-refractivity contribution in [3.8, 4) is 11.5 Å². The molecule has 2 rings (SSSR count). The Morgan fingerprint density at radius 3 is 2.81 bits per heavy atom. The van der Waals surface area contributed by atoms with Crippen LogP contribution in [0.3, 0.4) is 0 Å². The van der Waals surface area contributed by atoms with Gasteiger partial charge in [-0.1, -0.05) is 6.07 Å². The number of guanidine groups is 1. The van der Waals surface area contributed by atoms with Crippen molar-refractivity contribution in [2.75, 3.05) is 7.11 Å². The first-order valence-electron chi connectivity index (χ1n) is 6.14. The molecule has 0 radical (unpaired) electrons. The van der Waals surface area contributed by atoms with Gasteiger partial charge in [-0.15, -0.1) is 16.4 Å². The second kappa shape index (κ2) is 7.30. The molecule has 0 aliphatic carbocycles. The van der Waals surface area contributed by atoms with E-state index in [0.717, 1.165) is 10.4 Å². The first kappa shape index (κ1) is 14.9. The first-order chi connectivity index (χ1) is 10.2. The van der Waals surface area contributed by atoms with Crippen LogP contribution >= 0.6 is 11.3 Å². The van der Waals surface area contributed by atoms with Crippen molar-refractivity contribution in [1.29, 1.82) is 0 Å². The average molecular weight is 304 g/mol. The SMILES string of the molecule is COc1cc(/C=N\N=C(N)N)ccc1OCc1cccs1. The Bertz CT molecular complexity index is 634. The molecule has 110 valence electrons. The van der Waals surface area contributed by atoms with Gasteiger partial charge in [0.05, 0.1) is 13.3 Å². The van der Waals surface area contributed by atoms with Gasteiger partial charge in [-0.3, -0.25) is 0 Å². The summed E-state index contributed by atoms with van der Waals surface area (Å²) in [7, 11) is 1.59. The third-order valence-corrected chi connectivity index (χ3v) is 3.37. The van der Waals surface area contributed by atoms with Gasteiger partial charge < -0.3 is 20.9 Å². The maximum atomic E-state index is 5.74. The normalized spacial score (nSPS) is 10.5. The number of ether oxygens (including phenoxy) is 2. The summed E-state index contributed by atoms with van der Waals surface area (Å²) in [5, 5.41) is 9.30. The second-order valence-corrected chi connectivity index (χ2v) is 5.08. The summed E-state index contributed by atoms with van der Waals surface area (Å²) in [5.41, 5.74) is 11.2. The van der Waals surface area contributed by atoms with Gasteiger partial charge >= 0.3 is 0 Å². The maximum absolute atomic E-state index is 5.74. The molecule has 6 nitrogen and oxygen atoms in total. The van der Waals surface area contributed by atoms with E-state index in [1.54, 1.807) is 24.5 Å². The number of hydrogen-bond donors (Lipinski definition) is 2. The van der Waals surface area contributed by atoms with Crippen LogP contribution in [0.15, 0.2) is 45.9 Å². The zero-order valence-corrected chi connectivity index (χ0v) is 12.3. The van der Waals surface area contributed by atoms with Crippen molar-refractivity contribution < 1.29 is 9.47 Å². The van der Waals surface area contributed by atoms with E-state index in [9.17, 15) is 0 Å². The Morgan fingerprint density at radius 2 is 2.14 bits per heavy atom. The predicted molar refractivity (Wildman–Crippen MR) is 85.0 cm³/mol. The second-order valence-electron chi connectivity index (χ2n) is 4.05. The van der Waals surface area contributed by atoms with E-state index in [0.29, 0.717) is 18.1 Å². The summed E-state index contributed by atoms with van der Waals surface area (Å²) < 4.78 is 11.1. The van der Waals surface area contributed by atoms with Crippen molar-refractivity contribution in [1.82, 2.24) is 0 Å². The molecule has 1 aromatic carbocycles. The van der Waals surface area contributed by atoms with E-state index in [1.165, 1.54) is 6.21 Å². The van der Waals surface area contributed by atoms with Crippen LogP contribution in [-0.4, -0.2) is 19.3 Å². The molecule has 2 aromatic rings. The minimum Gasteiger partial charge on any atom is -0.493 e. The van der Waals surface area contributed by atoms with Crippen LogP contribution in [0.25, 0.3) is 0 Å². The average Bonchev–Trinajstić information content (AvgIpc) is 2.98. The third-order valence-electron chi connectivity index (χ3n) is 2.52. The monoisotopic (exact) mass is 304 g/mol. The van der Waals surface area contributed by atoms with Gasteiger partial charge in [-0.05, 0) is 35.2 Å². The van der Waals surface area contributed by atoms with E-state index >= 15 is 0 Å². The van der Waals surface area contributed by atoms with Crippen molar-refractivity contribution >= 4 is 23.5 Å². The molecule has 0 aliphatic heterocycles. The third kappa shape index (κ3) is 4.50. The van der Waals surface area contributed by atoms with Crippen LogP contribution < -0.4 is 20.9 Å². The zero-order valence-electron chi connectivity index (χ0n) is 11.5. The van der Waals surface area contributed by atoms with Gasteiger partial charge in [0.15, 0.2) is 11.5 Å². The number of hydrogen-bond acceptors (Lipinski definition) is 5. The number of methoxy groups -OCH3 is 1. The standard InChI is InChI=1S/C14H16N4O2S/c1-19-13-7-10(8-17-18-14(15)16)4-5-12(13)20-9-11-3-2-6-21-11/h2-8H,9H2,1H3,(H4,15,16,18)/b17-8-. The van der Waals surface area contributed by atoms with E-state index in [4.69, 9.17) is 20.9 Å². The fourth-order valence-corrected chi connectivity index (χ4v) is 2.21. The number of rotatable bonds is 6. The molecule has 1 heterocycles. The van der Waals surface area contributed by atoms with E-state index < -0.39 is 0 Å². The molecule has 0 fully saturated rings. The Hall–Kier alpha value is -2.54. The summed E-state index contributed by atoms with van der Waals surface area (Å²) in [6.07, 6.45) is 1.53. The Morgan fingerprint density at radius 1 is 1.29 bits per heavy atom. The van der Waals surface area contributed by atoms with Crippen LogP contribution in [-0.2, 0) is 6.61 Å². The molecular formula is C14H16N4O2S. The summed E-state index contributed by atoms with van der Waals surface area (Å²) >= 11 is 1.65. The molecular weight excluding hydrogens is 288 g/mol. The van der Waals surface area contributed by atoms with Crippen molar-refractivity contribution in [3.63, 3.8) is 0 Å². The molecule has 0 aliphatic rings. The van der Waals surface area contributed by atoms with E-state index in [1.807, 2.05) is 29.6 Å². The molecule has 4 N–H and O–H groups in total. The fourth-order valence-electron chi connectivity index (χ4n) is 1.59. The topological polar surface area (TPSA) is 95.2 Å². The van der Waals surface area contributed by atoms with Gasteiger partial charge in [0.2, 0.25) is 5.96 Å². The zero-order chi connectivity index (χ0) is 15.1. The smallest absolute Gasteiger partial charge is 0.211 e. The van der Waals surface area contributed by atoms with E-state index in [2.05, 4.69) is 10.2 Å². The lowest BCUT2D eigenvalue weighted by Gasteiger charge is -2.10. The van der Waals surface area contributed by atoms with Crippen molar-refractivity contribution in [3.05, 3.63) is 46.2 Å². The first-order valence-corrected chi connectivity index (χ1v) is 7.02. The minimum absolute atomic E-state index is 0.0888. The lowest BCUT2D eigenvalue weighted by atomic mass is 10.2. The van der Waals surface area contributed by atoms with Crippen LogP contribution in [0.4, 0.5) is 0 Å². The van der Waals surface area contributed by atoms with E-state index in [-0.39, 0.29) is 5.96 Å². The Balaban J connectivity index is 2.08. The highest BCUT2D eigenvalue weighted by Gasteiger charge is 2.05. The van der Waals surface area contributed by atoms with Crippen LogP contribution in [0, 0.1) is 0 Å². The molecule has 0 unspecified atom stereocenters. The Kier molecular flexibility index (Phi) is 5.16. The van der Waals surface area contributed by atoms with Crippen LogP contribution in [0.2, 0.25) is 0 Å². The van der Waals surface area contributed by atoms with Gasteiger partial charge in [0.1, 0.15) is 6.61 Å². The highest BCUT2D eigenvalue weighted by Crippen LogP contribution is 2.28. The van der Waals surface area contributed by atoms with Crippen molar-refractivity contribution in [2.45, 2.75) is 6.61 Å². The molecule has 0 atom stereocenters. The highest BCUT2D eigenvalue weighted by atomic mass is 32.1. The molecule has 0 saturated heterocycles. The maximum Gasteiger partial charge on any atom is 0.211 e. The summed E-state index contributed by atoms with van der Waals surface area (Å²) in [6, 6.07) is 9.48. The number of thiophene rings is 1. The van der Waals surface area contributed by atoms with Gasteiger partial charge in [0.25, 0.3) is 0 Å². The lowest BCUT2D eigenvalue weighted by molar-refractivity contribution is 0.287. The van der Waals surface area contributed by atoms with Crippen LogP contribution in [0.5, 0.6) is 11.5 Å². The van der Waals surface area contributed by atoms with Gasteiger partial charge in [0, 0.05) is 4.88 Å². The van der Waals surface area contributed by atoms with Crippen molar-refractivity contribution in [2.24, 2.45) is 21.7 Å². The molecule has 0 saturated carbocycles. The number of nitrogens with zero attached hydrogens (tertiary/aromatic N) is 2. The lowest BCUT2D eigenvalue weighted by Crippen LogP contribution is -2.21. The highest BCUT2D eigenvalue weighted by molar-refractivity contribution is 7.09. The summed E-state index contributed by atoms with van der Waals surface area (Å²) in [5.74, 6) is 1.21. The van der Waals surface area contributed by atoms with Gasteiger partial charge in [-0.25, -0.2) is 0 Å². The molecule has 7 heteroatoms. The molecule has 0 spiro atoms. The van der Waals surface area contributed by atoms with Gasteiger partial charge in [-0.2, -0.15) is 5.10 Å². The quantitative estimate of drug-likeness (QED) is 0.484. The largest absolute Gasteiger partial charge is 0.493 e. The number of benzene rings is 1. The summed E-state index contributed by atoms with van der Waals surface area (Å²) in [4.78, 5) is 1.15. The molecule has 0 bridgehead atoms. The molecule has 1 aromatic heterocycles. The predicted octanol–water partition coefficient (Wildman–Crippen LogP) is 1.94. The number of nitrogens with two attached hydrogens (primary N) is 2. The molecule has 0 amide bonds. The Labute approximate surface area is 126 Å². The molecule has 21 heavy (non-hydrogen) atoms. The summed E-state index contributed by atoms with van der Waals surface area (Å²) in [6.45, 7) is 0.509.